The fourth-order valence-corrected chi connectivity index (χ4v) is 8.01. The Labute approximate surface area is 291 Å². The Morgan fingerprint density at radius 1 is 0.220 bits per heavy atom. The molecule has 0 saturated carbocycles. The molecule has 0 nitrogen and oxygen atoms in total. The van der Waals surface area contributed by atoms with Crippen LogP contribution in [0.5, 0.6) is 0 Å². The van der Waals surface area contributed by atoms with Gasteiger partial charge in [0.1, 0.15) is 0 Å². The lowest BCUT2D eigenvalue weighted by Gasteiger charge is -2.19. The van der Waals surface area contributed by atoms with Crippen LogP contribution in [0, 0.1) is 0 Å². The quantitative estimate of drug-likeness (QED) is 0.169. The standard InChI is InChI=1S/C50H32/c1-3-14-36-29-39(27-25-33(36)11-1)38-17-7-18-41(31-38)49-47-24-10-21-44(40-28-26-34-12-2-4-15-37(34)30-40)48(47)32-42-19-9-23-46(50(42)49)45-22-8-16-35-13-5-6-20-43(35)45/h1-32H. The van der Waals surface area contributed by atoms with Crippen LogP contribution in [0.15, 0.2) is 194 Å². The zero-order valence-electron chi connectivity index (χ0n) is 27.5. The number of hydrogen-bond acceptors (Lipinski definition) is 0. The Morgan fingerprint density at radius 3 is 1.54 bits per heavy atom. The third-order valence-corrected chi connectivity index (χ3v) is 10.4. The smallest absolute Gasteiger partial charge is 0.00201 e. The fourth-order valence-electron chi connectivity index (χ4n) is 8.01. The molecule has 10 aromatic carbocycles. The summed E-state index contributed by atoms with van der Waals surface area (Å²) in [5.74, 6) is 0. The lowest BCUT2D eigenvalue weighted by Crippen LogP contribution is -1.92. The summed E-state index contributed by atoms with van der Waals surface area (Å²) in [6.45, 7) is 0. The number of fused-ring (bicyclic) bond motifs is 5. The molecule has 10 aromatic rings. The van der Waals surface area contributed by atoms with Crippen LogP contribution in [0.3, 0.4) is 0 Å². The normalized spacial score (nSPS) is 11.6. The Morgan fingerprint density at radius 2 is 0.740 bits per heavy atom. The average Bonchev–Trinajstić information content (AvgIpc) is 3.19. The van der Waals surface area contributed by atoms with E-state index in [2.05, 4.69) is 194 Å². The van der Waals surface area contributed by atoms with Gasteiger partial charge in [-0.05, 0) is 123 Å². The summed E-state index contributed by atoms with van der Waals surface area (Å²) in [5.41, 5.74) is 9.91. The fraction of sp³-hybridized carbons (Fsp3) is 0. The number of benzene rings is 10. The first-order valence-corrected chi connectivity index (χ1v) is 17.3. The second kappa shape index (κ2) is 11.6. The maximum Gasteiger partial charge on any atom is -0.00201 e. The molecule has 0 bridgehead atoms. The van der Waals surface area contributed by atoms with E-state index >= 15 is 0 Å². The van der Waals surface area contributed by atoms with E-state index in [1.165, 1.54) is 98.4 Å². The van der Waals surface area contributed by atoms with Gasteiger partial charge in [-0.3, -0.25) is 0 Å². The molecule has 0 spiro atoms. The summed E-state index contributed by atoms with van der Waals surface area (Å²) >= 11 is 0. The van der Waals surface area contributed by atoms with E-state index in [0.29, 0.717) is 0 Å². The summed E-state index contributed by atoms with van der Waals surface area (Å²) in [4.78, 5) is 0. The van der Waals surface area contributed by atoms with Crippen LogP contribution in [0.2, 0.25) is 0 Å². The van der Waals surface area contributed by atoms with Crippen molar-refractivity contribution in [3.05, 3.63) is 194 Å². The molecule has 0 heterocycles. The highest BCUT2D eigenvalue weighted by Crippen LogP contribution is 2.46. The molecule has 0 fully saturated rings. The number of rotatable bonds is 4. The molecule has 0 radical (unpaired) electrons. The Balaban J connectivity index is 1.29. The maximum atomic E-state index is 2.42. The summed E-state index contributed by atoms with van der Waals surface area (Å²) in [7, 11) is 0. The molecule has 0 aliphatic rings. The van der Waals surface area contributed by atoms with Crippen molar-refractivity contribution in [2.24, 2.45) is 0 Å². The molecule has 0 amide bonds. The van der Waals surface area contributed by atoms with E-state index in [1.54, 1.807) is 0 Å². The Bertz CT molecular complexity index is 2920. The van der Waals surface area contributed by atoms with E-state index < -0.39 is 0 Å². The van der Waals surface area contributed by atoms with E-state index in [1.807, 2.05) is 0 Å². The molecule has 0 aliphatic carbocycles. The molecule has 50 heavy (non-hydrogen) atoms. The van der Waals surface area contributed by atoms with Gasteiger partial charge in [0.25, 0.3) is 0 Å². The molecule has 232 valence electrons. The van der Waals surface area contributed by atoms with Gasteiger partial charge in [-0.25, -0.2) is 0 Å². The van der Waals surface area contributed by atoms with Crippen molar-refractivity contribution in [3.8, 4) is 44.5 Å². The lowest BCUT2D eigenvalue weighted by atomic mass is 9.84. The molecule has 0 N–H and O–H groups in total. The third-order valence-electron chi connectivity index (χ3n) is 10.4. The highest BCUT2D eigenvalue weighted by atomic mass is 14.2. The Kier molecular flexibility index (Phi) is 6.60. The SMILES string of the molecule is c1cc(-c2ccc3ccccc3c2)cc(-c2c3cccc(-c4ccc5ccccc5c4)c3cc3cccc(-c4cccc5ccccc45)c23)c1. The van der Waals surface area contributed by atoms with Gasteiger partial charge in [-0.2, -0.15) is 0 Å². The average molecular weight is 633 g/mol. The summed E-state index contributed by atoms with van der Waals surface area (Å²) in [6.07, 6.45) is 0. The molecule has 0 aromatic heterocycles. The zero-order chi connectivity index (χ0) is 33.0. The van der Waals surface area contributed by atoms with Gasteiger partial charge >= 0.3 is 0 Å². The van der Waals surface area contributed by atoms with Gasteiger partial charge in [0.2, 0.25) is 0 Å². The van der Waals surface area contributed by atoms with Gasteiger partial charge in [-0.1, -0.05) is 170 Å². The van der Waals surface area contributed by atoms with Crippen molar-refractivity contribution in [1.82, 2.24) is 0 Å². The molecule has 0 atom stereocenters. The van der Waals surface area contributed by atoms with Crippen molar-refractivity contribution in [2.75, 3.05) is 0 Å². The van der Waals surface area contributed by atoms with Gasteiger partial charge in [0.05, 0.1) is 0 Å². The first-order valence-electron chi connectivity index (χ1n) is 17.3. The largest absolute Gasteiger partial charge is 0.0616 e. The van der Waals surface area contributed by atoms with E-state index in [4.69, 9.17) is 0 Å². The van der Waals surface area contributed by atoms with Crippen LogP contribution in [0.25, 0.3) is 98.4 Å². The summed E-state index contributed by atoms with van der Waals surface area (Å²) < 4.78 is 0. The Hall–Kier alpha value is -6.50. The molecule has 0 saturated heterocycles. The van der Waals surface area contributed by atoms with Crippen LogP contribution in [-0.4, -0.2) is 0 Å². The van der Waals surface area contributed by atoms with Crippen LogP contribution in [0.4, 0.5) is 0 Å². The van der Waals surface area contributed by atoms with Crippen LogP contribution in [-0.2, 0) is 0 Å². The van der Waals surface area contributed by atoms with E-state index in [0.717, 1.165) is 0 Å². The second-order valence-corrected chi connectivity index (χ2v) is 13.3. The highest BCUT2D eigenvalue weighted by molar-refractivity contribution is 6.21. The summed E-state index contributed by atoms with van der Waals surface area (Å²) in [6, 6.07) is 71.5. The molecule has 10 rings (SSSR count). The third kappa shape index (κ3) is 4.69. The highest BCUT2D eigenvalue weighted by Gasteiger charge is 2.18. The summed E-state index contributed by atoms with van der Waals surface area (Å²) in [5, 5.41) is 12.6. The maximum absolute atomic E-state index is 2.42. The molecular weight excluding hydrogens is 601 g/mol. The van der Waals surface area contributed by atoms with Crippen LogP contribution in [0.1, 0.15) is 0 Å². The first kappa shape index (κ1) is 28.5. The van der Waals surface area contributed by atoms with Crippen LogP contribution >= 0.6 is 0 Å². The van der Waals surface area contributed by atoms with Gasteiger partial charge < -0.3 is 0 Å². The predicted octanol–water partition coefficient (Wildman–Crippen LogP) is 14.1. The van der Waals surface area contributed by atoms with Crippen molar-refractivity contribution < 1.29 is 0 Å². The monoisotopic (exact) mass is 632 g/mol. The van der Waals surface area contributed by atoms with E-state index in [-0.39, 0.29) is 0 Å². The minimum Gasteiger partial charge on any atom is -0.0616 e. The molecular formula is C50H32. The van der Waals surface area contributed by atoms with Gasteiger partial charge in [0.15, 0.2) is 0 Å². The van der Waals surface area contributed by atoms with E-state index in [9.17, 15) is 0 Å². The lowest BCUT2D eigenvalue weighted by molar-refractivity contribution is 1.62. The van der Waals surface area contributed by atoms with Crippen molar-refractivity contribution in [3.63, 3.8) is 0 Å². The second-order valence-electron chi connectivity index (χ2n) is 13.3. The minimum atomic E-state index is 1.21. The van der Waals surface area contributed by atoms with Crippen LogP contribution < -0.4 is 0 Å². The number of hydrogen-bond donors (Lipinski definition) is 0. The minimum absolute atomic E-state index is 1.21. The van der Waals surface area contributed by atoms with Crippen molar-refractivity contribution >= 4 is 53.9 Å². The van der Waals surface area contributed by atoms with Gasteiger partial charge in [-0.15, -0.1) is 0 Å². The zero-order valence-corrected chi connectivity index (χ0v) is 27.5. The molecule has 0 heteroatoms. The van der Waals surface area contributed by atoms with Crippen molar-refractivity contribution in [2.45, 2.75) is 0 Å². The first-order chi connectivity index (χ1) is 24.8. The molecule has 0 unspecified atom stereocenters. The van der Waals surface area contributed by atoms with Crippen molar-refractivity contribution in [1.29, 1.82) is 0 Å². The topological polar surface area (TPSA) is 0 Å². The van der Waals surface area contributed by atoms with Gasteiger partial charge in [0, 0.05) is 0 Å². The molecule has 0 aliphatic heterocycles. The predicted molar refractivity (Wildman–Crippen MR) is 216 cm³/mol.